The molecule has 0 spiro atoms. The number of hydrogen-bond donors (Lipinski definition) is 0. The zero-order valence-corrected chi connectivity index (χ0v) is 11.7. The highest BCUT2D eigenvalue weighted by atomic mass is 16.5. The van der Waals surface area contributed by atoms with E-state index in [0.29, 0.717) is 6.42 Å². The van der Waals surface area contributed by atoms with E-state index in [4.69, 9.17) is 9.47 Å². The van der Waals surface area contributed by atoms with Gasteiger partial charge in [-0.3, -0.25) is 4.79 Å². The van der Waals surface area contributed by atoms with Gasteiger partial charge in [0.1, 0.15) is 37.1 Å². The lowest BCUT2D eigenvalue weighted by molar-refractivity contribution is -0.139. The summed E-state index contributed by atoms with van der Waals surface area (Å²) >= 11 is 0. The molecule has 1 heterocycles. The number of hydrogen-bond acceptors (Lipinski definition) is 3. The average molecular weight is 239 g/mol. The van der Waals surface area contributed by atoms with Gasteiger partial charge in [-0.15, -0.1) is 0 Å². The quantitative estimate of drug-likeness (QED) is 0.411. The molecule has 0 atom stereocenters. The molecular formula is C11H16B4O3. The maximum absolute atomic E-state index is 11.3. The Morgan fingerprint density at radius 1 is 1.33 bits per heavy atom. The van der Waals surface area contributed by atoms with Crippen molar-refractivity contribution >= 4 is 37.4 Å². The van der Waals surface area contributed by atoms with E-state index in [0.717, 1.165) is 16.9 Å². The molecule has 3 nitrogen and oxygen atoms in total. The van der Waals surface area contributed by atoms with E-state index >= 15 is 0 Å². The van der Waals surface area contributed by atoms with Gasteiger partial charge in [0.15, 0.2) is 0 Å². The monoisotopic (exact) mass is 240 g/mol. The van der Waals surface area contributed by atoms with Crippen LogP contribution in [0.3, 0.4) is 0 Å². The van der Waals surface area contributed by atoms with Crippen molar-refractivity contribution in [3.8, 4) is 5.75 Å². The number of fused-ring (bicyclic) bond motifs is 1. The van der Waals surface area contributed by atoms with Crippen molar-refractivity contribution < 1.29 is 14.3 Å². The van der Waals surface area contributed by atoms with Crippen molar-refractivity contribution in [2.24, 2.45) is 0 Å². The summed E-state index contributed by atoms with van der Waals surface area (Å²) < 4.78 is 10.7. The minimum absolute atomic E-state index is 0.0749. The highest BCUT2D eigenvalue weighted by Gasteiger charge is 2.46. The van der Waals surface area contributed by atoms with E-state index in [2.05, 4.69) is 37.5 Å². The molecule has 0 N–H and O–H groups in total. The first-order chi connectivity index (χ1) is 8.28. The van der Waals surface area contributed by atoms with Crippen molar-refractivity contribution in [1.29, 1.82) is 0 Å². The van der Waals surface area contributed by atoms with Crippen molar-refractivity contribution in [3.05, 3.63) is 29.3 Å². The zero-order chi connectivity index (χ0) is 13.6. The molecule has 1 aromatic rings. The van der Waals surface area contributed by atoms with Crippen molar-refractivity contribution in [2.75, 3.05) is 7.11 Å². The third-order valence-electron chi connectivity index (χ3n) is 4.16. The van der Waals surface area contributed by atoms with Crippen molar-refractivity contribution in [1.82, 2.24) is 0 Å². The Bertz CT molecular complexity index is 499. The van der Waals surface area contributed by atoms with Gasteiger partial charge in [0.2, 0.25) is 0 Å². The van der Waals surface area contributed by atoms with Crippen LogP contribution in [0.15, 0.2) is 18.2 Å². The van der Waals surface area contributed by atoms with Gasteiger partial charge in [-0.25, -0.2) is 0 Å². The fourth-order valence-corrected chi connectivity index (χ4v) is 2.23. The lowest BCUT2D eigenvalue weighted by Gasteiger charge is -2.34. The first kappa shape index (κ1) is 13.2. The minimum Gasteiger partial charge on any atom is -0.506 e. The van der Waals surface area contributed by atoms with E-state index in [1.807, 2.05) is 12.1 Å². The molecule has 0 fully saturated rings. The standard InChI is InChI=1S/C11H16B4O3/c1-17-9(16)5-6-2-3-8-7(4-6)10(12,13)11(14,15)18-8/h2-4H,5,12-15H2,1H3. The van der Waals surface area contributed by atoms with Crippen LogP contribution in [0.4, 0.5) is 0 Å². The summed E-state index contributed by atoms with van der Waals surface area (Å²) in [4.78, 5) is 11.3. The Kier molecular flexibility index (Phi) is 3.04. The fourth-order valence-electron chi connectivity index (χ4n) is 2.23. The molecule has 0 bridgehead atoms. The van der Waals surface area contributed by atoms with Crippen molar-refractivity contribution in [2.45, 2.75) is 17.0 Å². The van der Waals surface area contributed by atoms with Crippen LogP contribution in [-0.2, 0) is 21.2 Å². The van der Waals surface area contributed by atoms with Crippen LogP contribution in [-0.4, -0.2) is 49.9 Å². The smallest absolute Gasteiger partial charge is 0.309 e. The molecule has 0 saturated heterocycles. The average Bonchev–Trinajstić information content (AvgIpc) is 2.46. The van der Waals surface area contributed by atoms with Crippen LogP contribution in [0.2, 0.25) is 0 Å². The van der Waals surface area contributed by atoms with Gasteiger partial charge in [-0.2, -0.15) is 0 Å². The summed E-state index contributed by atoms with van der Waals surface area (Å²) in [6.07, 6.45) is 0.306. The molecule has 1 aliphatic rings. The van der Waals surface area contributed by atoms with Crippen LogP contribution in [0.25, 0.3) is 0 Å². The van der Waals surface area contributed by atoms with Crippen LogP contribution in [0.5, 0.6) is 5.75 Å². The number of carbonyl (C=O) groups is 1. The number of carbonyl (C=O) groups excluding carboxylic acids is 1. The summed E-state index contributed by atoms with van der Waals surface area (Å²) in [6.45, 7) is 0. The zero-order valence-electron chi connectivity index (χ0n) is 11.7. The lowest BCUT2D eigenvalue weighted by atomic mass is 9.34. The summed E-state index contributed by atoms with van der Waals surface area (Å²) in [5.41, 5.74) is 2.13. The number of ether oxygens (including phenoxy) is 2. The van der Waals surface area contributed by atoms with Crippen LogP contribution >= 0.6 is 0 Å². The second kappa shape index (κ2) is 4.15. The molecule has 0 amide bonds. The maximum Gasteiger partial charge on any atom is 0.309 e. The largest absolute Gasteiger partial charge is 0.506 e. The summed E-state index contributed by atoms with van der Waals surface area (Å²) in [5.74, 6) is 0.699. The first-order valence-electron chi connectivity index (χ1n) is 6.17. The van der Waals surface area contributed by atoms with Crippen LogP contribution in [0, 0.1) is 0 Å². The van der Waals surface area contributed by atoms with Gasteiger partial charge in [-0.05, 0) is 22.4 Å². The SMILES string of the molecule is BC1(B)Oc2ccc(CC(=O)OC)cc2C1(B)B. The van der Waals surface area contributed by atoms with Gasteiger partial charge in [0.05, 0.1) is 13.5 Å². The Hall–Kier alpha value is -1.25. The predicted octanol–water partition coefficient (Wildman–Crippen LogP) is -2.87. The van der Waals surface area contributed by atoms with Gasteiger partial charge < -0.3 is 9.47 Å². The molecule has 2 rings (SSSR count). The maximum atomic E-state index is 11.3. The molecule has 0 radical (unpaired) electrons. The molecule has 1 aliphatic heterocycles. The molecule has 0 aromatic heterocycles. The van der Waals surface area contributed by atoms with Gasteiger partial charge in [0, 0.05) is 5.40 Å². The second-order valence-electron chi connectivity index (χ2n) is 5.82. The molecule has 0 unspecified atom stereocenters. The third kappa shape index (κ3) is 1.96. The number of esters is 1. The molecular weight excluding hydrogens is 223 g/mol. The second-order valence-corrected chi connectivity index (χ2v) is 5.82. The van der Waals surface area contributed by atoms with E-state index in [1.54, 1.807) is 0 Å². The molecule has 90 valence electrons. The topological polar surface area (TPSA) is 35.5 Å². The lowest BCUT2D eigenvalue weighted by Crippen LogP contribution is -2.53. The Labute approximate surface area is 111 Å². The van der Waals surface area contributed by atoms with E-state index in [1.165, 1.54) is 7.11 Å². The Morgan fingerprint density at radius 2 is 2.00 bits per heavy atom. The minimum atomic E-state index is -0.237. The summed E-state index contributed by atoms with van der Waals surface area (Å²) in [6, 6.07) is 5.93. The normalized spacial score (nSPS) is 18.7. The van der Waals surface area contributed by atoms with Crippen LogP contribution < -0.4 is 4.74 Å². The number of benzene rings is 1. The molecule has 1 aromatic carbocycles. The van der Waals surface area contributed by atoms with Crippen molar-refractivity contribution in [3.63, 3.8) is 0 Å². The highest BCUT2D eigenvalue weighted by Crippen LogP contribution is 2.43. The van der Waals surface area contributed by atoms with E-state index < -0.39 is 0 Å². The highest BCUT2D eigenvalue weighted by molar-refractivity contribution is 6.54. The van der Waals surface area contributed by atoms with Crippen LogP contribution in [0.1, 0.15) is 11.1 Å². The van der Waals surface area contributed by atoms with Gasteiger partial charge >= 0.3 is 5.97 Å². The number of rotatable bonds is 2. The fraction of sp³-hybridized carbons (Fsp3) is 0.364. The summed E-state index contributed by atoms with van der Waals surface area (Å²) in [5, 5.41) is -0.312. The van der Waals surface area contributed by atoms with E-state index in [9.17, 15) is 4.79 Å². The number of methoxy groups -OCH3 is 1. The molecule has 7 heteroatoms. The first-order valence-corrected chi connectivity index (χ1v) is 6.17. The predicted molar refractivity (Wildman–Crippen MR) is 81.4 cm³/mol. The summed E-state index contributed by atoms with van der Waals surface area (Å²) in [7, 11) is 9.92. The Morgan fingerprint density at radius 3 is 2.61 bits per heavy atom. The molecule has 0 aliphatic carbocycles. The van der Waals surface area contributed by atoms with Gasteiger partial charge in [-0.1, -0.05) is 12.1 Å². The van der Waals surface area contributed by atoms with Gasteiger partial charge in [0.25, 0.3) is 0 Å². The van der Waals surface area contributed by atoms with E-state index in [-0.39, 0.29) is 16.6 Å². The molecule has 0 saturated carbocycles. The Balaban J connectivity index is 2.38. The third-order valence-corrected chi connectivity index (χ3v) is 4.16. The molecule has 18 heavy (non-hydrogen) atoms.